The van der Waals surface area contributed by atoms with E-state index < -0.39 is 0 Å². The maximum atomic E-state index is 11.9. The Kier molecular flexibility index (Phi) is 4.06. The maximum absolute atomic E-state index is 11.9. The van der Waals surface area contributed by atoms with Gasteiger partial charge in [-0.2, -0.15) is 0 Å². The molecule has 2 aromatic carbocycles. The molecule has 5 nitrogen and oxygen atoms in total. The van der Waals surface area contributed by atoms with Crippen molar-refractivity contribution in [2.45, 2.75) is 13.5 Å². The number of hydrogen-bond acceptors (Lipinski definition) is 3. The van der Waals surface area contributed by atoms with Crippen LogP contribution in [0.5, 0.6) is 11.5 Å². The first-order chi connectivity index (χ1) is 10.6. The number of halogens is 1. The molecule has 0 atom stereocenters. The van der Waals surface area contributed by atoms with Crippen LogP contribution in [0.3, 0.4) is 0 Å². The summed E-state index contributed by atoms with van der Waals surface area (Å²) < 4.78 is 10.5. The minimum Gasteiger partial charge on any atom is -0.454 e. The zero-order chi connectivity index (χ0) is 15.5. The Labute approximate surface area is 133 Å². The largest absolute Gasteiger partial charge is 0.454 e. The summed E-state index contributed by atoms with van der Waals surface area (Å²) in [7, 11) is 0. The number of aryl methyl sites for hydroxylation is 1. The maximum Gasteiger partial charge on any atom is 0.319 e. The van der Waals surface area contributed by atoms with Gasteiger partial charge in [0.15, 0.2) is 11.5 Å². The molecule has 22 heavy (non-hydrogen) atoms. The van der Waals surface area contributed by atoms with Gasteiger partial charge in [0, 0.05) is 6.54 Å². The van der Waals surface area contributed by atoms with Gasteiger partial charge in [-0.1, -0.05) is 23.7 Å². The van der Waals surface area contributed by atoms with Crippen LogP contribution in [0.4, 0.5) is 10.5 Å². The zero-order valence-electron chi connectivity index (χ0n) is 12.0. The second-order valence-electron chi connectivity index (χ2n) is 4.98. The number of fused-ring (bicyclic) bond motifs is 1. The molecule has 1 aliphatic rings. The van der Waals surface area contributed by atoms with Crippen LogP contribution in [-0.4, -0.2) is 12.8 Å². The Morgan fingerprint density at radius 2 is 2.00 bits per heavy atom. The van der Waals surface area contributed by atoms with E-state index in [0.717, 1.165) is 16.9 Å². The Morgan fingerprint density at radius 3 is 2.82 bits per heavy atom. The highest BCUT2D eigenvalue weighted by atomic mass is 35.5. The van der Waals surface area contributed by atoms with Gasteiger partial charge in [-0.3, -0.25) is 0 Å². The lowest BCUT2D eigenvalue weighted by atomic mass is 10.2. The van der Waals surface area contributed by atoms with Gasteiger partial charge in [0.25, 0.3) is 0 Å². The highest BCUT2D eigenvalue weighted by Gasteiger charge is 2.13. The summed E-state index contributed by atoms with van der Waals surface area (Å²) in [6.07, 6.45) is 0. The lowest BCUT2D eigenvalue weighted by Crippen LogP contribution is -2.28. The van der Waals surface area contributed by atoms with Gasteiger partial charge >= 0.3 is 6.03 Å². The zero-order valence-corrected chi connectivity index (χ0v) is 12.7. The molecule has 0 fully saturated rings. The van der Waals surface area contributed by atoms with E-state index in [0.29, 0.717) is 23.0 Å². The van der Waals surface area contributed by atoms with Crippen LogP contribution in [0.1, 0.15) is 11.1 Å². The van der Waals surface area contributed by atoms with E-state index in [1.165, 1.54) is 0 Å². The third kappa shape index (κ3) is 3.26. The summed E-state index contributed by atoms with van der Waals surface area (Å²) in [6.45, 7) is 2.56. The topological polar surface area (TPSA) is 59.6 Å². The van der Waals surface area contributed by atoms with Gasteiger partial charge in [0.05, 0.1) is 10.7 Å². The molecule has 1 aliphatic heterocycles. The van der Waals surface area contributed by atoms with Crippen LogP contribution in [0.15, 0.2) is 36.4 Å². The molecule has 6 heteroatoms. The van der Waals surface area contributed by atoms with Crippen LogP contribution in [0, 0.1) is 6.92 Å². The van der Waals surface area contributed by atoms with Crippen LogP contribution >= 0.6 is 11.6 Å². The Balaban J connectivity index is 1.58. The van der Waals surface area contributed by atoms with Gasteiger partial charge in [-0.05, 0) is 42.3 Å². The predicted molar refractivity (Wildman–Crippen MR) is 84.6 cm³/mol. The molecule has 1 heterocycles. The summed E-state index contributed by atoms with van der Waals surface area (Å²) in [5.41, 5.74) is 2.54. The molecule has 3 rings (SSSR count). The summed E-state index contributed by atoms with van der Waals surface area (Å²) in [6, 6.07) is 10.7. The van der Waals surface area contributed by atoms with Crippen LogP contribution in [-0.2, 0) is 6.54 Å². The van der Waals surface area contributed by atoms with Crippen molar-refractivity contribution in [3.05, 3.63) is 52.5 Å². The van der Waals surface area contributed by atoms with Crippen molar-refractivity contribution in [1.29, 1.82) is 0 Å². The lowest BCUT2D eigenvalue weighted by molar-refractivity contribution is 0.174. The second-order valence-corrected chi connectivity index (χ2v) is 5.39. The van der Waals surface area contributed by atoms with Crippen molar-refractivity contribution in [1.82, 2.24) is 5.32 Å². The van der Waals surface area contributed by atoms with Crippen LogP contribution in [0.25, 0.3) is 0 Å². The van der Waals surface area contributed by atoms with Crippen molar-refractivity contribution in [2.24, 2.45) is 0 Å². The standard InChI is InChI=1S/C16H15ClN2O3/c1-10-2-4-13(12(17)6-10)19-16(20)18-8-11-3-5-14-15(7-11)22-9-21-14/h2-7H,8-9H2,1H3,(H2,18,19,20). The average molecular weight is 319 g/mol. The highest BCUT2D eigenvalue weighted by Crippen LogP contribution is 2.32. The fourth-order valence-electron chi connectivity index (χ4n) is 2.12. The fourth-order valence-corrected chi connectivity index (χ4v) is 2.40. The molecule has 2 aromatic rings. The fraction of sp³-hybridized carbons (Fsp3) is 0.188. The number of amides is 2. The summed E-state index contributed by atoms with van der Waals surface area (Å²) in [5, 5.41) is 6.01. The third-order valence-electron chi connectivity index (χ3n) is 3.26. The van der Waals surface area contributed by atoms with Gasteiger partial charge in [0.2, 0.25) is 6.79 Å². The van der Waals surface area contributed by atoms with Crippen molar-refractivity contribution < 1.29 is 14.3 Å². The first-order valence-corrected chi connectivity index (χ1v) is 7.19. The minimum atomic E-state index is -0.316. The first kappa shape index (κ1) is 14.5. The molecule has 0 radical (unpaired) electrons. The number of ether oxygens (including phenoxy) is 2. The molecule has 0 bridgehead atoms. The summed E-state index contributed by atoms with van der Waals surface area (Å²) in [4.78, 5) is 11.9. The molecule has 0 spiro atoms. The van der Waals surface area contributed by atoms with Crippen molar-refractivity contribution in [2.75, 3.05) is 12.1 Å². The number of benzene rings is 2. The number of anilines is 1. The quantitative estimate of drug-likeness (QED) is 0.907. The predicted octanol–water partition coefficient (Wildman–Crippen LogP) is 3.70. The van der Waals surface area contributed by atoms with Crippen molar-refractivity contribution >= 4 is 23.3 Å². The van der Waals surface area contributed by atoms with Gasteiger partial charge < -0.3 is 20.1 Å². The van der Waals surface area contributed by atoms with Crippen molar-refractivity contribution in [3.63, 3.8) is 0 Å². The number of carbonyl (C=O) groups excluding carboxylic acids is 1. The first-order valence-electron chi connectivity index (χ1n) is 6.81. The SMILES string of the molecule is Cc1ccc(NC(=O)NCc2ccc3c(c2)OCO3)c(Cl)c1. The molecule has 0 unspecified atom stereocenters. The van der Waals surface area contributed by atoms with Gasteiger partial charge in [0.1, 0.15) is 0 Å². The van der Waals surface area contributed by atoms with Crippen LogP contribution < -0.4 is 20.1 Å². The smallest absolute Gasteiger partial charge is 0.319 e. The highest BCUT2D eigenvalue weighted by molar-refractivity contribution is 6.33. The van der Waals surface area contributed by atoms with E-state index in [1.54, 1.807) is 12.1 Å². The lowest BCUT2D eigenvalue weighted by Gasteiger charge is -2.10. The Morgan fingerprint density at radius 1 is 1.18 bits per heavy atom. The van der Waals surface area contributed by atoms with E-state index in [2.05, 4.69) is 10.6 Å². The molecule has 2 amide bonds. The molecular weight excluding hydrogens is 304 g/mol. The van der Waals surface area contributed by atoms with E-state index in [-0.39, 0.29) is 12.8 Å². The number of rotatable bonds is 3. The normalized spacial score (nSPS) is 12.1. The van der Waals surface area contributed by atoms with Crippen molar-refractivity contribution in [3.8, 4) is 11.5 Å². The number of hydrogen-bond donors (Lipinski definition) is 2. The summed E-state index contributed by atoms with van der Waals surface area (Å²) in [5.74, 6) is 1.42. The van der Waals surface area contributed by atoms with Gasteiger partial charge in [-0.15, -0.1) is 0 Å². The summed E-state index contributed by atoms with van der Waals surface area (Å²) >= 11 is 6.08. The molecular formula is C16H15ClN2O3. The Hall–Kier alpha value is -2.40. The van der Waals surface area contributed by atoms with E-state index in [1.807, 2.05) is 31.2 Å². The molecule has 114 valence electrons. The van der Waals surface area contributed by atoms with E-state index in [9.17, 15) is 4.79 Å². The van der Waals surface area contributed by atoms with E-state index >= 15 is 0 Å². The molecule has 0 saturated heterocycles. The number of nitrogens with one attached hydrogen (secondary N) is 2. The minimum absolute atomic E-state index is 0.235. The average Bonchev–Trinajstić information content (AvgIpc) is 2.95. The molecule has 0 aromatic heterocycles. The third-order valence-corrected chi connectivity index (χ3v) is 3.58. The van der Waals surface area contributed by atoms with Gasteiger partial charge in [-0.25, -0.2) is 4.79 Å². The number of carbonyl (C=O) groups is 1. The monoisotopic (exact) mass is 318 g/mol. The molecule has 0 aliphatic carbocycles. The Bertz CT molecular complexity index is 719. The molecule has 2 N–H and O–H groups in total. The van der Waals surface area contributed by atoms with E-state index in [4.69, 9.17) is 21.1 Å². The number of urea groups is 1. The molecule has 0 saturated carbocycles. The van der Waals surface area contributed by atoms with Crippen LogP contribution in [0.2, 0.25) is 5.02 Å². The second kappa shape index (κ2) is 6.15.